The summed E-state index contributed by atoms with van der Waals surface area (Å²) < 4.78 is 0. The topological polar surface area (TPSA) is 26.8 Å². The lowest BCUT2D eigenvalue weighted by molar-refractivity contribution is -0.129. The van der Waals surface area contributed by atoms with Gasteiger partial charge in [0.2, 0.25) is 0 Å². The Hall–Kier alpha value is -1.13. The molecule has 112 valence electrons. The number of piperazine rings is 1. The Morgan fingerprint density at radius 2 is 1.85 bits per heavy atom. The van der Waals surface area contributed by atoms with E-state index in [0.717, 1.165) is 38.2 Å². The summed E-state index contributed by atoms with van der Waals surface area (Å²) in [5, 5.41) is 0. The summed E-state index contributed by atoms with van der Waals surface area (Å²) >= 11 is 0. The van der Waals surface area contributed by atoms with Gasteiger partial charge in [-0.3, -0.25) is 9.69 Å². The largest absolute Gasteiger partial charge is 0.336 e. The van der Waals surface area contributed by atoms with E-state index in [1.54, 1.807) is 0 Å². The lowest BCUT2D eigenvalue weighted by Gasteiger charge is -2.47. The summed E-state index contributed by atoms with van der Waals surface area (Å²) in [5.41, 5.74) is 0.840. The quantitative estimate of drug-likeness (QED) is 0.573. The maximum absolute atomic E-state index is 12.5. The SMILES string of the molecule is C/C=C\C(=C/CC)C(=O)N1CCN(C2CN(C)C2)CC1. The van der Waals surface area contributed by atoms with Gasteiger partial charge in [0, 0.05) is 50.9 Å². The molecule has 2 heterocycles. The summed E-state index contributed by atoms with van der Waals surface area (Å²) in [5.74, 6) is 0.190. The fraction of sp³-hybridized carbons (Fsp3) is 0.688. The maximum Gasteiger partial charge on any atom is 0.253 e. The van der Waals surface area contributed by atoms with Crippen LogP contribution in [-0.4, -0.2) is 73.0 Å². The lowest BCUT2D eigenvalue weighted by atomic mass is 10.1. The third-order valence-electron chi connectivity index (χ3n) is 4.18. The van der Waals surface area contributed by atoms with Crippen LogP contribution in [0.25, 0.3) is 0 Å². The van der Waals surface area contributed by atoms with Crippen molar-refractivity contribution in [2.24, 2.45) is 0 Å². The molecule has 20 heavy (non-hydrogen) atoms. The molecule has 0 bridgehead atoms. The van der Waals surface area contributed by atoms with Crippen LogP contribution in [0.2, 0.25) is 0 Å². The second kappa shape index (κ2) is 7.04. The molecule has 1 amide bonds. The van der Waals surface area contributed by atoms with Gasteiger partial charge in [-0.1, -0.05) is 25.2 Å². The van der Waals surface area contributed by atoms with Crippen LogP contribution in [-0.2, 0) is 4.79 Å². The Labute approximate surface area is 122 Å². The van der Waals surface area contributed by atoms with Crippen LogP contribution in [0.5, 0.6) is 0 Å². The van der Waals surface area contributed by atoms with Crippen molar-refractivity contribution in [2.45, 2.75) is 26.3 Å². The van der Waals surface area contributed by atoms with Gasteiger partial charge < -0.3 is 9.80 Å². The van der Waals surface area contributed by atoms with E-state index in [1.165, 1.54) is 13.1 Å². The minimum Gasteiger partial charge on any atom is -0.336 e. The van der Waals surface area contributed by atoms with Crippen LogP contribution in [0.4, 0.5) is 0 Å². The number of rotatable bonds is 4. The predicted molar refractivity (Wildman–Crippen MR) is 82.6 cm³/mol. The molecule has 0 N–H and O–H groups in total. The third kappa shape index (κ3) is 3.49. The van der Waals surface area contributed by atoms with Crippen molar-refractivity contribution in [1.29, 1.82) is 0 Å². The zero-order valence-electron chi connectivity index (χ0n) is 13.0. The van der Waals surface area contributed by atoms with Crippen molar-refractivity contribution in [1.82, 2.24) is 14.7 Å². The first-order valence-corrected chi connectivity index (χ1v) is 7.70. The van der Waals surface area contributed by atoms with Gasteiger partial charge in [0.15, 0.2) is 0 Å². The van der Waals surface area contributed by atoms with E-state index in [2.05, 4.69) is 23.8 Å². The van der Waals surface area contributed by atoms with E-state index in [9.17, 15) is 4.79 Å². The first kappa shape index (κ1) is 15.3. The van der Waals surface area contributed by atoms with E-state index >= 15 is 0 Å². The molecular formula is C16H27N3O. The highest BCUT2D eigenvalue weighted by Crippen LogP contribution is 2.16. The van der Waals surface area contributed by atoms with E-state index in [0.29, 0.717) is 6.04 Å². The van der Waals surface area contributed by atoms with E-state index in [4.69, 9.17) is 0 Å². The first-order valence-electron chi connectivity index (χ1n) is 7.70. The van der Waals surface area contributed by atoms with Crippen LogP contribution in [0.3, 0.4) is 0 Å². The van der Waals surface area contributed by atoms with Gasteiger partial charge in [0.05, 0.1) is 0 Å². The number of amides is 1. The molecule has 2 aliphatic heterocycles. The fourth-order valence-corrected chi connectivity index (χ4v) is 3.00. The van der Waals surface area contributed by atoms with Gasteiger partial charge in [-0.25, -0.2) is 0 Å². The third-order valence-corrected chi connectivity index (χ3v) is 4.18. The van der Waals surface area contributed by atoms with Crippen molar-refractivity contribution in [2.75, 3.05) is 46.3 Å². The number of carbonyl (C=O) groups excluding carboxylic acids is 1. The molecule has 4 heteroatoms. The molecule has 0 radical (unpaired) electrons. The number of hydrogen-bond donors (Lipinski definition) is 0. The summed E-state index contributed by atoms with van der Waals surface area (Å²) in [6, 6.07) is 0.707. The average Bonchev–Trinajstić information content (AvgIpc) is 2.43. The lowest BCUT2D eigenvalue weighted by Crippen LogP contribution is -2.62. The highest BCUT2D eigenvalue weighted by atomic mass is 16.2. The number of likely N-dealkylation sites (tertiary alicyclic amines) is 1. The van der Waals surface area contributed by atoms with E-state index in [1.807, 2.05) is 30.1 Å². The maximum atomic E-state index is 12.5. The average molecular weight is 277 g/mol. The number of allylic oxidation sites excluding steroid dienone is 2. The Bertz CT molecular complexity index is 389. The smallest absolute Gasteiger partial charge is 0.253 e. The molecule has 0 aliphatic carbocycles. The van der Waals surface area contributed by atoms with Crippen molar-refractivity contribution < 1.29 is 4.79 Å². The Kier molecular flexibility index (Phi) is 5.38. The molecule has 0 aromatic carbocycles. The fourth-order valence-electron chi connectivity index (χ4n) is 3.00. The summed E-state index contributed by atoms with van der Waals surface area (Å²) in [4.78, 5) is 19.3. The summed E-state index contributed by atoms with van der Waals surface area (Å²) in [6.45, 7) is 10.1. The molecule has 0 aromatic heterocycles. The van der Waals surface area contributed by atoms with E-state index < -0.39 is 0 Å². The molecule has 0 saturated carbocycles. The molecule has 4 nitrogen and oxygen atoms in total. The minimum atomic E-state index is 0.190. The van der Waals surface area contributed by atoms with Gasteiger partial charge >= 0.3 is 0 Å². The van der Waals surface area contributed by atoms with Crippen LogP contribution < -0.4 is 0 Å². The normalized spacial score (nSPS) is 23.4. The van der Waals surface area contributed by atoms with Gasteiger partial charge in [0.1, 0.15) is 0 Å². The molecule has 2 rings (SSSR count). The molecule has 0 atom stereocenters. The number of hydrogen-bond acceptors (Lipinski definition) is 3. The van der Waals surface area contributed by atoms with Crippen molar-refractivity contribution >= 4 is 5.91 Å². The minimum absolute atomic E-state index is 0.190. The van der Waals surface area contributed by atoms with Gasteiger partial charge in [0.25, 0.3) is 5.91 Å². The predicted octanol–water partition coefficient (Wildman–Crippen LogP) is 1.36. The molecule has 0 unspecified atom stereocenters. The van der Waals surface area contributed by atoms with Crippen molar-refractivity contribution in [3.63, 3.8) is 0 Å². The highest BCUT2D eigenvalue weighted by molar-refractivity contribution is 5.96. The van der Waals surface area contributed by atoms with Gasteiger partial charge in [-0.2, -0.15) is 0 Å². The van der Waals surface area contributed by atoms with Gasteiger partial charge in [-0.15, -0.1) is 0 Å². The van der Waals surface area contributed by atoms with Gasteiger partial charge in [-0.05, 0) is 20.4 Å². The summed E-state index contributed by atoms with van der Waals surface area (Å²) in [6.07, 6.45) is 6.80. The second-order valence-electron chi connectivity index (χ2n) is 5.77. The van der Waals surface area contributed by atoms with Crippen molar-refractivity contribution in [3.8, 4) is 0 Å². The summed E-state index contributed by atoms with van der Waals surface area (Å²) in [7, 11) is 2.16. The van der Waals surface area contributed by atoms with Crippen molar-refractivity contribution in [3.05, 3.63) is 23.8 Å². The Balaban J connectivity index is 1.86. The Morgan fingerprint density at radius 3 is 2.35 bits per heavy atom. The monoisotopic (exact) mass is 277 g/mol. The number of nitrogens with zero attached hydrogens (tertiary/aromatic N) is 3. The molecule has 0 spiro atoms. The zero-order chi connectivity index (χ0) is 14.5. The first-order chi connectivity index (χ1) is 9.65. The van der Waals surface area contributed by atoms with Crippen LogP contribution in [0.15, 0.2) is 23.8 Å². The molecule has 2 fully saturated rings. The van der Waals surface area contributed by atoms with E-state index in [-0.39, 0.29) is 5.91 Å². The molecule has 0 aromatic rings. The molecular weight excluding hydrogens is 250 g/mol. The van der Waals surface area contributed by atoms with Crippen LogP contribution >= 0.6 is 0 Å². The molecule has 2 saturated heterocycles. The zero-order valence-corrected chi connectivity index (χ0v) is 13.0. The number of carbonyl (C=O) groups is 1. The second-order valence-corrected chi connectivity index (χ2v) is 5.77. The highest BCUT2D eigenvalue weighted by Gasteiger charge is 2.32. The molecule has 2 aliphatic rings. The number of likely N-dealkylation sites (N-methyl/N-ethyl adjacent to an activating group) is 1. The van der Waals surface area contributed by atoms with Crippen LogP contribution in [0.1, 0.15) is 20.3 Å². The van der Waals surface area contributed by atoms with Crippen LogP contribution in [0, 0.1) is 0 Å². The standard InChI is InChI=1S/C16H27N3O/c1-4-6-14(7-5-2)16(20)19-10-8-18(9-11-19)15-12-17(3)13-15/h4,6-7,15H,5,8-13H2,1-3H3/b6-4-,14-7+. The Morgan fingerprint density at radius 1 is 1.20 bits per heavy atom.